The molecule has 0 amide bonds. The van der Waals surface area contributed by atoms with E-state index in [9.17, 15) is 38.8 Å². The molecule has 2 aromatic heterocycles. The molecule has 2 unspecified atom stereocenters. The van der Waals surface area contributed by atoms with Crippen LogP contribution in [0.2, 0.25) is 0 Å². The van der Waals surface area contributed by atoms with Crippen LogP contribution < -0.4 is 22.5 Å². The molecule has 0 bridgehead atoms. The Morgan fingerprint density at radius 2 is 1.56 bits per heavy atom. The van der Waals surface area contributed by atoms with E-state index in [1.54, 1.807) is 0 Å². The standard InChI is InChI=1S/C32H48N5O13PS/c1-19-13-36(30(43)33-28(19)41)25-11-21(39)24(49-25)16-47-51(45,17-32(3,4)18-52-27(40)5-6-35-7-9-46-10-8-35)50-22-12-26(48-23(22)15-38)37-14-20(2)29(42)34-31(37)44/h13-14,21-26,38-39H,5-12,15-18H2,1-4H3,(H,33,41,43)(H,34,42,44)/t21-,22?,23+,24+,25+,26+,51?/m0/s1. The van der Waals surface area contributed by atoms with Crippen LogP contribution in [0.15, 0.2) is 31.6 Å². The molecule has 3 fully saturated rings. The van der Waals surface area contributed by atoms with Crippen molar-refractivity contribution in [3.8, 4) is 0 Å². The van der Waals surface area contributed by atoms with Crippen molar-refractivity contribution in [3.63, 3.8) is 0 Å². The second kappa shape index (κ2) is 17.2. The highest BCUT2D eigenvalue weighted by molar-refractivity contribution is 8.13. The van der Waals surface area contributed by atoms with Crippen LogP contribution >= 0.6 is 19.4 Å². The normalized spacial score (nSPS) is 26.8. The van der Waals surface area contributed by atoms with Crippen LogP contribution in [0.25, 0.3) is 0 Å². The van der Waals surface area contributed by atoms with Gasteiger partial charge < -0.3 is 33.5 Å². The van der Waals surface area contributed by atoms with Crippen molar-refractivity contribution < 1.29 is 42.8 Å². The van der Waals surface area contributed by atoms with E-state index in [0.29, 0.717) is 26.2 Å². The van der Waals surface area contributed by atoms with Crippen molar-refractivity contribution in [2.45, 2.75) is 83.8 Å². The first-order valence-electron chi connectivity index (χ1n) is 17.2. The fourth-order valence-electron chi connectivity index (χ4n) is 6.28. The van der Waals surface area contributed by atoms with Gasteiger partial charge in [-0.25, -0.2) is 9.59 Å². The van der Waals surface area contributed by atoms with E-state index >= 15 is 0 Å². The molecule has 18 nitrogen and oxygen atoms in total. The van der Waals surface area contributed by atoms with Gasteiger partial charge in [0, 0.05) is 68.2 Å². The van der Waals surface area contributed by atoms with Gasteiger partial charge in [-0.3, -0.25) is 43.0 Å². The second-order valence-corrected chi connectivity index (χ2v) is 17.2. The van der Waals surface area contributed by atoms with Crippen LogP contribution in [0.4, 0.5) is 0 Å². The Hall–Kier alpha value is -2.71. The highest BCUT2D eigenvalue weighted by Gasteiger charge is 2.45. The minimum atomic E-state index is -4.17. The smallest absolute Gasteiger partial charge is 0.331 e. The number of aliphatic hydroxyl groups excluding tert-OH is 2. The van der Waals surface area contributed by atoms with E-state index in [-0.39, 0.29) is 41.0 Å². The zero-order valence-electron chi connectivity index (χ0n) is 29.7. The Balaban J connectivity index is 1.30. The molecule has 0 radical (unpaired) electrons. The van der Waals surface area contributed by atoms with Crippen LogP contribution in [0.5, 0.6) is 0 Å². The number of aliphatic hydroxyl groups is 2. The zero-order valence-corrected chi connectivity index (χ0v) is 31.4. The SMILES string of the molecule is Cc1cn([C@H]2CC(OP(=O)(CC(C)(C)CSC(=O)CCN3CCOCC3)OC[C@H]3O[C@@H](n4cc(C)c(=O)[nH]c4=O)C[C@@H]3O)[C@@H](CO)O2)c(=O)[nH]c1=O. The molecule has 3 aliphatic rings. The fourth-order valence-corrected chi connectivity index (χ4v) is 9.72. The summed E-state index contributed by atoms with van der Waals surface area (Å²) in [5.74, 6) is 0.282. The molecule has 2 aromatic rings. The van der Waals surface area contributed by atoms with Crippen molar-refractivity contribution in [1.82, 2.24) is 24.0 Å². The Kier molecular flexibility index (Phi) is 13.4. The third-order valence-electron chi connectivity index (χ3n) is 9.19. The number of thioether (sulfide) groups is 1. The zero-order chi connectivity index (χ0) is 37.8. The summed E-state index contributed by atoms with van der Waals surface area (Å²) in [6.07, 6.45) is -3.34. The number of H-pyrrole nitrogens is 2. The lowest BCUT2D eigenvalue weighted by Gasteiger charge is -2.32. The molecular formula is C32H48N5O13PS. The summed E-state index contributed by atoms with van der Waals surface area (Å²) in [6.45, 7) is 9.12. The summed E-state index contributed by atoms with van der Waals surface area (Å²) < 4.78 is 46.5. The van der Waals surface area contributed by atoms with Crippen LogP contribution in [-0.4, -0.2) is 122 Å². The number of aromatic amines is 2. The number of morpholine rings is 1. The highest BCUT2D eigenvalue weighted by Crippen LogP contribution is 2.56. The first-order valence-corrected chi connectivity index (χ1v) is 19.9. The molecule has 5 rings (SSSR count). The monoisotopic (exact) mass is 773 g/mol. The third-order valence-corrected chi connectivity index (χ3v) is 13.0. The molecule has 7 atom stereocenters. The van der Waals surface area contributed by atoms with Gasteiger partial charge in [0.2, 0.25) is 0 Å². The maximum absolute atomic E-state index is 14.7. The van der Waals surface area contributed by atoms with E-state index in [0.717, 1.165) is 29.4 Å². The van der Waals surface area contributed by atoms with Gasteiger partial charge in [-0.15, -0.1) is 0 Å². The van der Waals surface area contributed by atoms with Crippen molar-refractivity contribution in [1.29, 1.82) is 0 Å². The summed E-state index contributed by atoms with van der Waals surface area (Å²) in [7, 11) is -4.17. The molecule has 3 saturated heterocycles. The largest absolute Gasteiger partial charge is 0.394 e. The molecule has 52 heavy (non-hydrogen) atoms. The molecule has 20 heteroatoms. The van der Waals surface area contributed by atoms with E-state index in [4.69, 9.17) is 23.3 Å². The van der Waals surface area contributed by atoms with Gasteiger partial charge in [-0.05, 0) is 19.3 Å². The topological polar surface area (TPSA) is 234 Å². The van der Waals surface area contributed by atoms with Crippen molar-refractivity contribution in [2.75, 3.05) is 58.0 Å². The lowest BCUT2D eigenvalue weighted by Crippen LogP contribution is -2.37. The average molecular weight is 774 g/mol. The highest BCUT2D eigenvalue weighted by atomic mass is 32.2. The summed E-state index contributed by atoms with van der Waals surface area (Å²) in [6, 6.07) is 0. The van der Waals surface area contributed by atoms with Gasteiger partial charge in [0.05, 0.1) is 44.8 Å². The number of nitrogens with zero attached hydrogens (tertiary/aromatic N) is 3. The Morgan fingerprint density at radius 1 is 0.981 bits per heavy atom. The van der Waals surface area contributed by atoms with E-state index in [2.05, 4.69) is 14.9 Å². The van der Waals surface area contributed by atoms with Crippen molar-refractivity contribution in [2.24, 2.45) is 5.41 Å². The van der Waals surface area contributed by atoms with Gasteiger partial charge in [0.15, 0.2) is 5.12 Å². The molecule has 4 N–H and O–H groups in total. The van der Waals surface area contributed by atoms with E-state index in [1.165, 1.54) is 30.8 Å². The number of aryl methyl sites for hydroxylation is 2. The molecule has 5 heterocycles. The predicted molar refractivity (Wildman–Crippen MR) is 189 cm³/mol. The number of aromatic nitrogens is 4. The Bertz CT molecular complexity index is 1850. The Labute approximate surface area is 303 Å². The van der Waals surface area contributed by atoms with Gasteiger partial charge >= 0.3 is 19.0 Å². The first-order chi connectivity index (χ1) is 24.6. The third kappa shape index (κ3) is 10.3. The first kappa shape index (κ1) is 40.5. The molecule has 3 aliphatic heterocycles. The van der Waals surface area contributed by atoms with Gasteiger partial charge in [-0.1, -0.05) is 25.6 Å². The van der Waals surface area contributed by atoms with Gasteiger partial charge in [-0.2, -0.15) is 0 Å². The van der Waals surface area contributed by atoms with Crippen LogP contribution in [-0.2, 0) is 32.6 Å². The fraction of sp³-hybridized carbons (Fsp3) is 0.719. The quantitative estimate of drug-likeness (QED) is 0.178. The molecule has 0 saturated carbocycles. The molecular weight excluding hydrogens is 725 g/mol. The summed E-state index contributed by atoms with van der Waals surface area (Å²) in [4.78, 5) is 68.3. The predicted octanol–water partition coefficient (Wildman–Crippen LogP) is 0.235. The number of ether oxygens (including phenoxy) is 3. The van der Waals surface area contributed by atoms with E-state index in [1.807, 2.05) is 13.8 Å². The molecule has 0 aromatic carbocycles. The number of carbonyl (C=O) groups excluding carboxylic acids is 1. The van der Waals surface area contributed by atoms with Crippen molar-refractivity contribution in [3.05, 3.63) is 65.2 Å². The number of hydrogen-bond acceptors (Lipinski definition) is 15. The summed E-state index contributed by atoms with van der Waals surface area (Å²) >= 11 is 1.12. The van der Waals surface area contributed by atoms with Crippen LogP contribution in [0, 0.1) is 19.3 Å². The average Bonchev–Trinajstić information content (AvgIpc) is 3.67. The summed E-state index contributed by atoms with van der Waals surface area (Å²) in [5.41, 5.74) is -2.80. The molecule has 0 spiro atoms. The second-order valence-electron chi connectivity index (χ2n) is 14.2. The van der Waals surface area contributed by atoms with Crippen LogP contribution in [0.3, 0.4) is 0 Å². The Morgan fingerprint density at radius 3 is 2.15 bits per heavy atom. The van der Waals surface area contributed by atoms with E-state index < -0.39 is 85.6 Å². The lowest BCUT2D eigenvalue weighted by atomic mass is 10.0. The number of hydrogen-bond donors (Lipinski definition) is 4. The lowest BCUT2D eigenvalue weighted by molar-refractivity contribution is -0.111. The maximum atomic E-state index is 14.7. The molecule has 290 valence electrons. The number of nitrogens with one attached hydrogen (secondary N) is 2. The minimum Gasteiger partial charge on any atom is -0.394 e. The number of carbonyl (C=O) groups is 1. The maximum Gasteiger partial charge on any atom is 0.331 e. The van der Waals surface area contributed by atoms with Gasteiger partial charge in [0.25, 0.3) is 11.1 Å². The van der Waals surface area contributed by atoms with Crippen molar-refractivity contribution >= 4 is 24.5 Å². The summed E-state index contributed by atoms with van der Waals surface area (Å²) in [5, 5.41) is 21.0. The molecule has 0 aliphatic carbocycles. The van der Waals surface area contributed by atoms with Crippen LogP contribution in [0.1, 0.15) is 56.7 Å². The van der Waals surface area contributed by atoms with Gasteiger partial charge in [0.1, 0.15) is 24.7 Å². The number of rotatable bonds is 15. The minimum absolute atomic E-state index is 0.0165.